The minimum atomic E-state index is -0.117. The summed E-state index contributed by atoms with van der Waals surface area (Å²) in [5.41, 5.74) is 10.5. The van der Waals surface area contributed by atoms with Crippen LogP contribution in [-0.2, 0) is 6.54 Å². The van der Waals surface area contributed by atoms with Crippen LogP contribution in [-0.4, -0.2) is 17.2 Å². The fourth-order valence-electron chi connectivity index (χ4n) is 3.49. The monoisotopic (exact) mass is 337 g/mol. The predicted octanol–water partition coefficient (Wildman–Crippen LogP) is 3.44. The number of hydrogen-bond donors (Lipinski definition) is 1. The molecule has 0 amide bonds. The maximum absolute atomic E-state index is 13.0. The zero-order chi connectivity index (χ0) is 18.1. The highest BCUT2D eigenvalue weighted by molar-refractivity contribution is 5.95. The van der Waals surface area contributed by atoms with Gasteiger partial charge in [-0.25, -0.2) is 4.74 Å². The van der Waals surface area contributed by atoms with Crippen LogP contribution >= 0.6 is 0 Å². The second kappa shape index (κ2) is 6.89. The van der Waals surface area contributed by atoms with Gasteiger partial charge in [0.2, 0.25) is 5.36 Å². The van der Waals surface area contributed by atoms with Gasteiger partial charge in [0.15, 0.2) is 6.04 Å². The molecule has 25 heavy (non-hydrogen) atoms. The van der Waals surface area contributed by atoms with Crippen LogP contribution in [0.2, 0.25) is 0 Å². The molecule has 0 unspecified atom stereocenters. The number of hydrogen-bond acceptors (Lipinski definition) is 2. The van der Waals surface area contributed by atoms with Gasteiger partial charge in [0.1, 0.15) is 0 Å². The molecular formula is C21H27N3O. The maximum atomic E-state index is 13.0. The average molecular weight is 337 g/mol. The summed E-state index contributed by atoms with van der Waals surface area (Å²) < 4.78 is 3.48. The van der Waals surface area contributed by atoms with Gasteiger partial charge in [-0.1, -0.05) is 18.2 Å². The number of para-hydroxylation sites is 1. The van der Waals surface area contributed by atoms with E-state index in [2.05, 4.69) is 36.6 Å². The SMILES string of the molecule is Cc1ccc2/c(=[N+](/[O-])C(C)C)c3ccccc3n(CCCN)c2c1C. The van der Waals surface area contributed by atoms with Crippen LogP contribution in [0.5, 0.6) is 0 Å². The molecule has 1 aromatic heterocycles. The fourth-order valence-corrected chi connectivity index (χ4v) is 3.49. The van der Waals surface area contributed by atoms with Crippen molar-refractivity contribution in [3.8, 4) is 0 Å². The Labute approximate surface area is 148 Å². The lowest BCUT2D eigenvalue weighted by molar-refractivity contribution is 0.604. The Kier molecular flexibility index (Phi) is 4.82. The Morgan fingerprint density at radius 3 is 2.48 bits per heavy atom. The number of pyridine rings is 1. The van der Waals surface area contributed by atoms with Crippen LogP contribution in [0.3, 0.4) is 0 Å². The zero-order valence-electron chi connectivity index (χ0n) is 15.5. The molecule has 0 aliphatic rings. The first kappa shape index (κ1) is 17.5. The van der Waals surface area contributed by atoms with Crippen molar-refractivity contribution in [2.75, 3.05) is 6.54 Å². The summed E-state index contributed by atoms with van der Waals surface area (Å²) in [5, 5.41) is 15.8. The second-order valence-electron chi connectivity index (χ2n) is 6.98. The van der Waals surface area contributed by atoms with Gasteiger partial charge in [0.05, 0.1) is 21.8 Å². The number of nitrogens with zero attached hydrogens (tertiary/aromatic N) is 2. The first-order valence-corrected chi connectivity index (χ1v) is 8.98. The van der Waals surface area contributed by atoms with Crippen molar-refractivity contribution < 1.29 is 0 Å². The van der Waals surface area contributed by atoms with E-state index in [1.165, 1.54) is 11.1 Å². The quantitative estimate of drug-likeness (QED) is 0.450. The van der Waals surface area contributed by atoms with Crippen LogP contribution in [0.25, 0.3) is 21.8 Å². The van der Waals surface area contributed by atoms with E-state index in [0.717, 1.165) is 44.9 Å². The first-order valence-electron chi connectivity index (χ1n) is 8.98. The van der Waals surface area contributed by atoms with Crippen molar-refractivity contribution in [1.82, 2.24) is 9.31 Å². The molecule has 2 N–H and O–H groups in total. The van der Waals surface area contributed by atoms with Crippen LogP contribution in [0.4, 0.5) is 0 Å². The van der Waals surface area contributed by atoms with Crippen molar-refractivity contribution >= 4 is 21.8 Å². The number of nitrogens with two attached hydrogens (primary N) is 1. The normalized spacial score (nSPS) is 13.0. The molecule has 0 aliphatic heterocycles. The second-order valence-corrected chi connectivity index (χ2v) is 6.98. The Hall–Kier alpha value is -2.33. The predicted molar refractivity (Wildman–Crippen MR) is 106 cm³/mol. The third-order valence-electron chi connectivity index (χ3n) is 4.95. The van der Waals surface area contributed by atoms with Crippen LogP contribution in [0, 0.1) is 19.1 Å². The highest BCUT2D eigenvalue weighted by Crippen LogP contribution is 2.24. The van der Waals surface area contributed by atoms with E-state index in [-0.39, 0.29) is 6.04 Å². The van der Waals surface area contributed by atoms with E-state index in [4.69, 9.17) is 5.73 Å². The smallest absolute Gasteiger partial charge is 0.230 e. The zero-order valence-corrected chi connectivity index (χ0v) is 15.5. The maximum Gasteiger partial charge on any atom is 0.230 e. The van der Waals surface area contributed by atoms with Crippen molar-refractivity contribution in [2.45, 2.75) is 46.7 Å². The molecule has 1 heterocycles. The average Bonchev–Trinajstić information content (AvgIpc) is 2.61. The van der Waals surface area contributed by atoms with Gasteiger partial charge in [-0.3, -0.25) is 0 Å². The van der Waals surface area contributed by atoms with Crippen LogP contribution in [0.15, 0.2) is 36.4 Å². The molecule has 3 rings (SSSR count). The molecule has 0 saturated carbocycles. The number of hydroxylamine groups is 1. The summed E-state index contributed by atoms with van der Waals surface area (Å²) in [6, 6.07) is 12.3. The minimum absolute atomic E-state index is 0.117. The van der Waals surface area contributed by atoms with E-state index in [0.29, 0.717) is 6.54 Å². The molecule has 0 fully saturated rings. The molecule has 0 radical (unpaired) electrons. The molecule has 2 aromatic carbocycles. The minimum Gasteiger partial charge on any atom is -0.623 e. The summed E-state index contributed by atoms with van der Waals surface area (Å²) in [4.78, 5) is 0. The number of fused-ring (bicyclic) bond motifs is 2. The van der Waals surface area contributed by atoms with Gasteiger partial charge in [-0.2, -0.15) is 0 Å². The van der Waals surface area contributed by atoms with Crippen molar-refractivity contribution in [3.05, 3.63) is 58.1 Å². The summed E-state index contributed by atoms with van der Waals surface area (Å²) in [5.74, 6) is 0. The lowest BCUT2D eigenvalue weighted by Gasteiger charge is -2.19. The van der Waals surface area contributed by atoms with Gasteiger partial charge in [0, 0.05) is 6.54 Å². The van der Waals surface area contributed by atoms with E-state index in [1.807, 2.05) is 32.0 Å². The van der Waals surface area contributed by atoms with Crippen molar-refractivity contribution in [2.24, 2.45) is 5.73 Å². The van der Waals surface area contributed by atoms with Gasteiger partial charge in [-0.05, 0) is 70.0 Å². The molecule has 0 aliphatic carbocycles. The first-order chi connectivity index (χ1) is 12.0. The molecule has 4 nitrogen and oxygen atoms in total. The van der Waals surface area contributed by atoms with Gasteiger partial charge in [-0.15, -0.1) is 0 Å². The highest BCUT2D eigenvalue weighted by Gasteiger charge is 2.17. The van der Waals surface area contributed by atoms with E-state index in [1.54, 1.807) is 0 Å². The number of aryl methyl sites for hydroxylation is 3. The molecule has 0 bridgehead atoms. The molecule has 132 valence electrons. The van der Waals surface area contributed by atoms with Gasteiger partial charge >= 0.3 is 0 Å². The Morgan fingerprint density at radius 1 is 1.08 bits per heavy atom. The molecule has 0 atom stereocenters. The van der Waals surface area contributed by atoms with Crippen LogP contribution in [0.1, 0.15) is 31.4 Å². The molecule has 0 spiro atoms. The number of aromatic nitrogens is 1. The summed E-state index contributed by atoms with van der Waals surface area (Å²) in [6.07, 6.45) is 0.905. The number of benzene rings is 2. The third-order valence-corrected chi connectivity index (χ3v) is 4.95. The lowest BCUT2D eigenvalue weighted by Crippen LogP contribution is -2.32. The summed E-state index contributed by atoms with van der Waals surface area (Å²) in [6.45, 7) is 9.62. The number of rotatable bonds is 4. The summed E-state index contributed by atoms with van der Waals surface area (Å²) >= 11 is 0. The topological polar surface area (TPSA) is 57.0 Å². The largest absolute Gasteiger partial charge is 0.623 e. The Bertz CT molecular complexity index is 999. The van der Waals surface area contributed by atoms with Crippen molar-refractivity contribution in [1.29, 1.82) is 0 Å². The molecule has 4 heteroatoms. The van der Waals surface area contributed by atoms with E-state index >= 15 is 0 Å². The lowest BCUT2D eigenvalue weighted by atomic mass is 10.0. The third kappa shape index (κ3) is 2.91. The molecular weight excluding hydrogens is 310 g/mol. The summed E-state index contributed by atoms with van der Waals surface area (Å²) in [7, 11) is 0. The Balaban J connectivity index is 2.64. The highest BCUT2D eigenvalue weighted by atomic mass is 16.5. The van der Waals surface area contributed by atoms with Gasteiger partial charge < -0.3 is 15.5 Å². The van der Waals surface area contributed by atoms with Crippen molar-refractivity contribution in [3.63, 3.8) is 0 Å². The standard InChI is InChI=1S/C21H27N3O/c1-14(2)24(25)21-17-8-5-6-9-19(17)23(13-7-12-22)20-16(4)15(3)10-11-18(20)21/h5-6,8-11,14H,7,12-13,22H2,1-4H3/b24-21+. The van der Waals surface area contributed by atoms with Gasteiger partial charge in [0.25, 0.3) is 0 Å². The van der Waals surface area contributed by atoms with E-state index in [9.17, 15) is 5.21 Å². The van der Waals surface area contributed by atoms with E-state index < -0.39 is 0 Å². The Morgan fingerprint density at radius 2 is 1.80 bits per heavy atom. The molecule has 3 aromatic rings. The molecule has 0 saturated heterocycles. The van der Waals surface area contributed by atoms with Crippen LogP contribution < -0.4 is 15.8 Å². The fraction of sp³-hybridized carbons (Fsp3) is 0.381.